The molecule has 0 fully saturated rings. The average molecular weight is 219 g/mol. The Kier molecular flexibility index (Phi) is 4.53. The number of hydrogen-bond donors (Lipinski definition) is 1. The number of carbonyl (C=O) groups excluding carboxylic acids is 1. The first-order valence-corrected chi connectivity index (χ1v) is 5.85. The lowest BCUT2D eigenvalue weighted by Crippen LogP contribution is -2.23. The van der Waals surface area contributed by atoms with E-state index in [0.717, 1.165) is 12.0 Å². The fourth-order valence-electron chi connectivity index (χ4n) is 1.78. The van der Waals surface area contributed by atoms with Gasteiger partial charge in [-0.1, -0.05) is 38.1 Å². The second kappa shape index (κ2) is 5.69. The Labute approximate surface area is 98.1 Å². The molecule has 1 N–H and O–H groups in total. The average Bonchev–Trinajstić information content (AvgIpc) is 2.27. The first kappa shape index (κ1) is 12.8. The zero-order valence-electron chi connectivity index (χ0n) is 10.6. The molecule has 1 amide bonds. The molecule has 0 aromatic heterocycles. The Morgan fingerprint density at radius 2 is 1.75 bits per heavy atom. The Bertz CT molecular complexity index is 340. The van der Waals surface area contributed by atoms with Crippen LogP contribution in [0.15, 0.2) is 24.3 Å². The van der Waals surface area contributed by atoms with E-state index >= 15 is 0 Å². The fraction of sp³-hybridized carbons (Fsp3) is 0.500. The van der Waals surface area contributed by atoms with Crippen molar-refractivity contribution in [3.05, 3.63) is 35.4 Å². The second-order valence-corrected chi connectivity index (χ2v) is 4.68. The van der Waals surface area contributed by atoms with Crippen LogP contribution in [0.4, 0.5) is 0 Å². The number of benzene rings is 1. The molecule has 0 radical (unpaired) electrons. The highest BCUT2D eigenvalue weighted by molar-refractivity contribution is 5.82. The van der Waals surface area contributed by atoms with Gasteiger partial charge in [0.15, 0.2) is 0 Å². The summed E-state index contributed by atoms with van der Waals surface area (Å²) in [4.78, 5) is 11.5. The lowest BCUT2D eigenvalue weighted by molar-refractivity contribution is -0.121. The van der Waals surface area contributed by atoms with Gasteiger partial charge in [0.25, 0.3) is 0 Å². The molecular formula is C14H21NO. The van der Waals surface area contributed by atoms with Crippen LogP contribution in [0.3, 0.4) is 0 Å². The monoisotopic (exact) mass is 219 g/mol. The van der Waals surface area contributed by atoms with Gasteiger partial charge in [0.2, 0.25) is 5.91 Å². The molecule has 2 heteroatoms. The van der Waals surface area contributed by atoms with E-state index in [9.17, 15) is 4.79 Å². The Balaban J connectivity index is 2.74. The zero-order chi connectivity index (χ0) is 12.1. The lowest BCUT2D eigenvalue weighted by Gasteiger charge is -2.11. The summed E-state index contributed by atoms with van der Waals surface area (Å²) in [6.45, 7) is 6.35. The van der Waals surface area contributed by atoms with Crippen LogP contribution in [0.25, 0.3) is 0 Å². The van der Waals surface area contributed by atoms with Gasteiger partial charge in [0, 0.05) is 7.05 Å². The minimum Gasteiger partial charge on any atom is -0.359 e. The van der Waals surface area contributed by atoms with E-state index in [1.165, 1.54) is 5.56 Å². The molecule has 0 saturated carbocycles. The van der Waals surface area contributed by atoms with Crippen LogP contribution >= 0.6 is 0 Å². The third-order valence-electron chi connectivity index (χ3n) is 2.76. The number of nitrogens with one attached hydrogen (secondary N) is 1. The molecule has 0 heterocycles. The zero-order valence-corrected chi connectivity index (χ0v) is 10.6. The van der Waals surface area contributed by atoms with Gasteiger partial charge in [-0.3, -0.25) is 4.79 Å². The number of amides is 1. The minimum absolute atomic E-state index is 0.0663. The second-order valence-electron chi connectivity index (χ2n) is 4.68. The van der Waals surface area contributed by atoms with Crippen molar-refractivity contribution in [3.63, 3.8) is 0 Å². The molecule has 88 valence electrons. The predicted octanol–water partition coefficient (Wildman–Crippen LogP) is 2.73. The highest BCUT2D eigenvalue weighted by Gasteiger charge is 2.12. The number of rotatable bonds is 4. The maximum atomic E-state index is 11.5. The minimum atomic E-state index is -0.0712. The van der Waals surface area contributed by atoms with Gasteiger partial charge in [-0.25, -0.2) is 0 Å². The number of carbonyl (C=O) groups is 1. The molecule has 0 saturated heterocycles. The van der Waals surface area contributed by atoms with Crippen LogP contribution in [0.2, 0.25) is 0 Å². The molecular weight excluding hydrogens is 198 g/mol. The van der Waals surface area contributed by atoms with Crippen molar-refractivity contribution in [2.45, 2.75) is 33.1 Å². The highest BCUT2D eigenvalue weighted by atomic mass is 16.1. The van der Waals surface area contributed by atoms with Crippen molar-refractivity contribution >= 4 is 5.91 Å². The highest BCUT2D eigenvalue weighted by Crippen LogP contribution is 2.17. The van der Waals surface area contributed by atoms with E-state index in [2.05, 4.69) is 43.4 Å². The standard InChI is InChI=1S/C14H21NO/c1-10(2)9-12-5-7-13(8-6-12)11(3)14(16)15-4/h5-8,10-11H,9H2,1-4H3,(H,15,16)/t11-/m1/s1. The van der Waals surface area contributed by atoms with Crippen molar-refractivity contribution < 1.29 is 4.79 Å². The van der Waals surface area contributed by atoms with Crippen LogP contribution in [0.5, 0.6) is 0 Å². The van der Waals surface area contributed by atoms with Crippen LogP contribution in [-0.2, 0) is 11.2 Å². The SMILES string of the molecule is CNC(=O)[C@H](C)c1ccc(CC(C)C)cc1. The van der Waals surface area contributed by atoms with Crippen LogP contribution in [-0.4, -0.2) is 13.0 Å². The fourth-order valence-corrected chi connectivity index (χ4v) is 1.78. The number of likely N-dealkylation sites (N-methyl/N-ethyl adjacent to an activating group) is 1. The van der Waals surface area contributed by atoms with E-state index in [0.29, 0.717) is 5.92 Å². The Hall–Kier alpha value is -1.31. The first-order chi connectivity index (χ1) is 7.54. The van der Waals surface area contributed by atoms with Crippen LogP contribution in [0, 0.1) is 5.92 Å². The van der Waals surface area contributed by atoms with Crippen molar-refractivity contribution in [2.24, 2.45) is 5.92 Å². The Morgan fingerprint density at radius 1 is 1.19 bits per heavy atom. The predicted molar refractivity (Wildman–Crippen MR) is 67.5 cm³/mol. The van der Waals surface area contributed by atoms with Gasteiger partial charge in [0.05, 0.1) is 5.92 Å². The summed E-state index contributed by atoms with van der Waals surface area (Å²) in [6.07, 6.45) is 1.09. The van der Waals surface area contributed by atoms with E-state index in [1.807, 2.05) is 6.92 Å². The molecule has 1 aromatic rings. The van der Waals surface area contributed by atoms with Gasteiger partial charge < -0.3 is 5.32 Å². The summed E-state index contributed by atoms with van der Waals surface area (Å²) in [7, 11) is 1.67. The maximum absolute atomic E-state index is 11.5. The van der Waals surface area contributed by atoms with Crippen molar-refractivity contribution in [3.8, 4) is 0 Å². The summed E-state index contributed by atoms with van der Waals surface area (Å²) in [6, 6.07) is 8.35. The lowest BCUT2D eigenvalue weighted by atomic mass is 9.96. The van der Waals surface area contributed by atoms with Gasteiger partial charge in [-0.15, -0.1) is 0 Å². The van der Waals surface area contributed by atoms with Gasteiger partial charge in [-0.05, 0) is 30.4 Å². The van der Waals surface area contributed by atoms with E-state index in [-0.39, 0.29) is 11.8 Å². The van der Waals surface area contributed by atoms with E-state index < -0.39 is 0 Å². The molecule has 1 rings (SSSR count). The quantitative estimate of drug-likeness (QED) is 0.829. The van der Waals surface area contributed by atoms with E-state index in [4.69, 9.17) is 0 Å². The van der Waals surface area contributed by atoms with Crippen LogP contribution < -0.4 is 5.32 Å². The third-order valence-corrected chi connectivity index (χ3v) is 2.76. The first-order valence-electron chi connectivity index (χ1n) is 5.85. The molecule has 1 atom stereocenters. The van der Waals surface area contributed by atoms with E-state index in [1.54, 1.807) is 7.05 Å². The van der Waals surface area contributed by atoms with Gasteiger partial charge in [-0.2, -0.15) is 0 Å². The normalized spacial score (nSPS) is 12.6. The number of hydrogen-bond acceptors (Lipinski definition) is 1. The summed E-state index contributed by atoms with van der Waals surface area (Å²) in [5.41, 5.74) is 2.41. The smallest absolute Gasteiger partial charge is 0.227 e. The third kappa shape index (κ3) is 3.37. The van der Waals surface area contributed by atoms with Crippen LogP contribution in [0.1, 0.15) is 37.8 Å². The molecule has 0 unspecified atom stereocenters. The van der Waals surface area contributed by atoms with Gasteiger partial charge >= 0.3 is 0 Å². The molecule has 0 aliphatic heterocycles. The van der Waals surface area contributed by atoms with Crippen molar-refractivity contribution in [2.75, 3.05) is 7.05 Å². The van der Waals surface area contributed by atoms with Crippen molar-refractivity contribution in [1.82, 2.24) is 5.32 Å². The summed E-state index contributed by atoms with van der Waals surface area (Å²) in [5.74, 6) is 0.664. The molecule has 2 nitrogen and oxygen atoms in total. The molecule has 0 spiro atoms. The summed E-state index contributed by atoms with van der Waals surface area (Å²) in [5, 5.41) is 2.67. The topological polar surface area (TPSA) is 29.1 Å². The summed E-state index contributed by atoms with van der Waals surface area (Å²) < 4.78 is 0. The summed E-state index contributed by atoms with van der Waals surface area (Å²) >= 11 is 0. The molecule has 0 aliphatic carbocycles. The van der Waals surface area contributed by atoms with Gasteiger partial charge in [0.1, 0.15) is 0 Å². The molecule has 0 aliphatic rings. The molecule has 16 heavy (non-hydrogen) atoms. The maximum Gasteiger partial charge on any atom is 0.227 e. The molecule has 1 aromatic carbocycles. The van der Waals surface area contributed by atoms with Crippen molar-refractivity contribution in [1.29, 1.82) is 0 Å². The largest absolute Gasteiger partial charge is 0.359 e. The molecule has 0 bridgehead atoms. The Morgan fingerprint density at radius 3 is 2.19 bits per heavy atom.